The normalized spacial score (nSPS) is 21.4. The van der Waals surface area contributed by atoms with E-state index in [1.165, 1.54) is 78.1 Å². The van der Waals surface area contributed by atoms with E-state index in [-0.39, 0.29) is 32.5 Å². The van der Waals surface area contributed by atoms with Gasteiger partial charge in [-0.1, -0.05) is 48.0 Å². The third-order valence-corrected chi connectivity index (χ3v) is 11.5. The molecule has 0 spiro atoms. The average molecular weight is 722 g/mol. The SMILES string of the molecule is COc1ccccc1C1(N2C[C@H](OC(=O)C(F)(F)F)C[C@H]2C(=O)N(C)C)C(=O)N(S(=O)(=O)c2csc3ccccc23)c2ccc(Cl)cc21. The van der Waals surface area contributed by atoms with Gasteiger partial charge < -0.3 is 14.4 Å². The number of thiophene rings is 1. The van der Waals surface area contributed by atoms with Crippen LogP contribution in [0.4, 0.5) is 18.9 Å². The number of nitrogens with zero attached hydrogens (tertiary/aromatic N) is 3. The zero-order valence-corrected chi connectivity index (χ0v) is 27.9. The van der Waals surface area contributed by atoms with Gasteiger partial charge in [-0.3, -0.25) is 14.5 Å². The number of hydrogen-bond donors (Lipinski definition) is 0. The second-order valence-electron chi connectivity index (χ2n) is 11.4. The van der Waals surface area contributed by atoms with Gasteiger partial charge in [0.15, 0.2) is 5.54 Å². The lowest BCUT2D eigenvalue weighted by molar-refractivity contribution is -0.204. The van der Waals surface area contributed by atoms with E-state index < -0.39 is 64.6 Å². The van der Waals surface area contributed by atoms with Crippen molar-refractivity contribution in [3.8, 4) is 5.75 Å². The smallest absolute Gasteiger partial charge is 0.490 e. The van der Waals surface area contributed by atoms with Crippen LogP contribution in [-0.4, -0.2) is 82.1 Å². The Balaban J connectivity index is 1.64. The fourth-order valence-electron chi connectivity index (χ4n) is 6.48. The van der Waals surface area contributed by atoms with Crippen LogP contribution >= 0.6 is 22.9 Å². The maximum absolute atomic E-state index is 15.4. The molecule has 1 fully saturated rings. The highest BCUT2D eigenvalue weighted by molar-refractivity contribution is 7.94. The molecule has 3 heterocycles. The average Bonchev–Trinajstić information content (AvgIpc) is 3.73. The molecule has 0 saturated carbocycles. The number of esters is 1. The molecule has 252 valence electrons. The Morgan fingerprint density at radius 2 is 1.73 bits per heavy atom. The number of ether oxygens (including phenoxy) is 2. The van der Waals surface area contributed by atoms with Crippen molar-refractivity contribution < 1.29 is 45.4 Å². The molecule has 2 aliphatic rings. The number of rotatable bonds is 7. The van der Waals surface area contributed by atoms with Crippen molar-refractivity contribution in [3.05, 3.63) is 88.3 Å². The van der Waals surface area contributed by atoms with Gasteiger partial charge >= 0.3 is 12.1 Å². The minimum absolute atomic E-state index is 0.0342. The lowest BCUT2D eigenvalue weighted by Crippen LogP contribution is -2.59. The van der Waals surface area contributed by atoms with Crippen LogP contribution in [0.1, 0.15) is 17.5 Å². The Bertz CT molecular complexity index is 2070. The van der Waals surface area contributed by atoms with E-state index in [1.54, 1.807) is 36.4 Å². The molecule has 0 radical (unpaired) electrons. The third-order valence-electron chi connectivity index (χ3n) is 8.45. The molecular weight excluding hydrogens is 695 g/mol. The molecular formula is C32H27ClF3N3O7S2. The Labute approximate surface area is 282 Å². The van der Waals surface area contributed by atoms with Gasteiger partial charge in [0.1, 0.15) is 16.7 Å². The molecule has 2 aliphatic heterocycles. The number of carbonyl (C=O) groups is 3. The molecule has 10 nitrogen and oxygen atoms in total. The van der Waals surface area contributed by atoms with E-state index >= 15 is 4.79 Å². The molecule has 2 amide bonds. The molecule has 1 unspecified atom stereocenters. The van der Waals surface area contributed by atoms with Gasteiger partial charge in [0.05, 0.1) is 18.8 Å². The summed E-state index contributed by atoms with van der Waals surface area (Å²) >= 11 is 7.67. The number of benzene rings is 3. The van der Waals surface area contributed by atoms with Gasteiger partial charge in [-0.15, -0.1) is 11.3 Å². The van der Waals surface area contributed by atoms with E-state index in [2.05, 4.69) is 0 Å². The molecule has 0 aliphatic carbocycles. The molecule has 1 aromatic heterocycles. The Morgan fingerprint density at radius 1 is 1.04 bits per heavy atom. The molecule has 16 heteroatoms. The van der Waals surface area contributed by atoms with Crippen LogP contribution in [0.15, 0.2) is 77.0 Å². The van der Waals surface area contributed by atoms with Crippen LogP contribution in [-0.2, 0) is 34.7 Å². The first-order chi connectivity index (χ1) is 22.6. The minimum atomic E-state index is -5.33. The number of hydrogen-bond acceptors (Lipinski definition) is 9. The number of sulfonamides is 1. The highest BCUT2D eigenvalue weighted by atomic mass is 35.5. The number of fused-ring (bicyclic) bond motifs is 2. The first-order valence-electron chi connectivity index (χ1n) is 14.4. The maximum Gasteiger partial charge on any atom is 0.490 e. The lowest BCUT2D eigenvalue weighted by atomic mass is 9.80. The molecule has 0 bridgehead atoms. The fraction of sp³-hybridized carbons (Fsp3) is 0.281. The van der Waals surface area contributed by atoms with E-state index in [1.807, 2.05) is 0 Å². The number of methoxy groups -OCH3 is 1. The zero-order valence-electron chi connectivity index (χ0n) is 25.5. The summed E-state index contributed by atoms with van der Waals surface area (Å²) < 4.78 is 81.1. The number of alkyl halides is 3. The second kappa shape index (κ2) is 12.1. The number of likely N-dealkylation sites (tertiary alicyclic amines) is 1. The van der Waals surface area contributed by atoms with Gasteiger partial charge in [0, 0.05) is 58.7 Å². The van der Waals surface area contributed by atoms with E-state index in [0.29, 0.717) is 14.4 Å². The lowest BCUT2D eigenvalue weighted by Gasteiger charge is -2.42. The second-order valence-corrected chi connectivity index (χ2v) is 14.5. The van der Waals surface area contributed by atoms with Crippen molar-refractivity contribution in [2.45, 2.75) is 35.2 Å². The van der Waals surface area contributed by atoms with Gasteiger partial charge in [-0.05, 0) is 30.3 Å². The van der Waals surface area contributed by atoms with Crippen LogP contribution in [0.2, 0.25) is 5.02 Å². The summed E-state index contributed by atoms with van der Waals surface area (Å²) in [5.41, 5.74) is -2.18. The molecule has 6 rings (SSSR count). The van der Waals surface area contributed by atoms with E-state index in [9.17, 15) is 31.2 Å². The van der Waals surface area contributed by atoms with Crippen LogP contribution in [0.3, 0.4) is 0 Å². The zero-order chi connectivity index (χ0) is 34.8. The topological polar surface area (TPSA) is 114 Å². The molecule has 0 N–H and O–H groups in total. The van der Waals surface area contributed by atoms with Gasteiger partial charge in [-0.2, -0.15) is 13.2 Å². The Hall–Kier alpha value is -4.18. The molecule has 4 aromatic rings. The number of halogens is 4. The standard InChI is InChI=1S/C32H27ClF3N3O7S2/c1-37(2)28(40)24-15-19(46-30(42)32(34,35)36)16-38(24)31(21-9-5-6-10-25(21)45-3)22-14-18(33)12-13-23(22)39(29(31)41)48(43,44)27-17-47-26-11-7-4-8-20(26)27/h4-14,17,19,24H,15-16H2,1-3H3/t19-,24+,31?/m1/s1. The van der Waals surface area contributed by atoms with Crippen molar-refractivity contribution in [2.24, 2.45) is 0 Å². The molecule has 3 aromatic carbocycles. The van der Waals surface area contributed by atoms with Gasteiger partial charge in [0.2, 0.25) is 5.91 Å². The minimum Gasteiger partial charge on any atom is -0.496 e. The monoisotopic (exact) mass is 721 g/mol. The summed E-state index contributed by atoms with van der Waals surface area (Å²) in [7, 11) is -0.503. The van der Waals surface area contributed by atoms with Gasteiger partial charge in [-0.25, -0.2) is 17.5 Å². The van der Waals surface area contributed by atoms with Crippen molar-refractivity contribution in [2.75, 3.05) is 32.1 Å². The van der Waals surface area contributed by atoms with Crippen LogP contribution in [0.5, 0.6) is 5.75 Å². The first kappa shape index (κ1) is 33.7. The largest absolute Gasteiger partial charge is 0.496 e. The predicted octanol–water partition coefficient (Wildman–Crippen LogP) is 5.18. The summed E-state index contributed by atoms with van der Waals surface area (Å²) in [6.45, 7) is -0.558. The van der Waals surface area contributed by atoms with Gasteiger partial charge in [0.25, 0.3) is 15.9 Å². The number of anilines is 1. The Kier molecular flexibility index (Phi) is 8.47. The predicted molar refractivity (Wildman–Crippen MR) is 171 cm³/mol. The summed E-state index contributed by atoms with van der Waals surface area (Å²) in [6.07, 6.45) is -7.27. The van der Waals surface area contributed by atoms with Crippen LogP contribution in [0.25, 0.3) is 10.1 Å². The number of amides is 2. The molecule has 48 heavy (non-hydrogen) atoms. The quantitative estimate of drug-likeness (QED) is 0.240. The van der Waals surface area contributed by atoms with E-state index in [0.717, 1.165) is 0 Å². The highest BCUT2D eigenvalue weighted by Crippen LogP contribution is 2.55. The summed E-state index contributed by atoms with van der Waals surface area (Å²) in [5, 5.41) is 1.91. The van der Waals surface area contributed by atoms with Crippen molar-refractivity contribution in [1.29, 1.82) is 0 Å². The summed E-state index contributed by atoms with van der Waals surface area (Å²) in [5.74, 6) is -4.04. The third kappa shape index (κ3) is 5.19. The van der Waals surface area contributed by atoms with Crippen molar-refractivity contribution >= 4 is 66.5 Å². The van der Waals surface area contributed by atoms with Crippen molar-refractivity contribution in [3.63, 3.8) is 0 Å². The number of carbonyl (C=O) groups excluding carboxylic acids is 3. The number of likely N-dealkylation sites (N-methyl/N-ethyl adjacent to an activating group) is 1. The van der Waals surface area contributed by atoms with Crippen LogP contribution in [0, 0.1) is 0 Å². The van der Waals surface area contributed by atoms with E-state index in [4.69, 9.17) is 21.1 Å². The summed E-state index contributed by atoms with van der Waals surface area (Å²) in [4.78, 5) is 43.5. The molecule has 3 atom stereocenters. The first-order valence-corrected chi connectivity index (χ1v) is 17.1. The molecule has 1 saturated heterocycles. The van der Waals surface area contributed by atoms with Crippen LogP contribution < -0.4 is 9.04 Å². The Morgan fingerprint density at radius 3 is 2.42 bits per heavy atom. The fourth-order valence-corrected chi connectivity index (χ4v) is 9.59. The maximum atomic E-state index is 15.4. The van der Waals surface area contributed by atoms with Crippen molar-refractivity contribution in [1.82, 2.24) is 9.80 Å². The highest BCUT2D eigenvalue weighted by Gasteiger charge is 2.64. The summed E-state index contributed by atoms with van der Waals surface area (Å²) in [6, 6.07) is 15.8. The number of para-hydroxylation sites is 1.